The molecular formula is C21H32FNO3S. The molecule has 1 heterocycles. The van der Waals surface area contributed by atoms with E-state index in [1.54, 1.807) is 6.07 Å². The SMILES string of the molecule is C[S+]([O-])c1ccc(CCCCC2CCN(C(=O)OC(C)(C)C)CC2)cc1F. The number of ether oxygens (including phenoxy) is 1. The highest BCUT2D eigenvalue weighted by Gasteiger charge is 2.26. The van der Waals surface area contributed by atoms with E-state index in [2.05, 4.69) is 0 Å². The number of aryl methyl sites for hydroxylation is 1. The number of amides is 1. The van der Waals surface area contributed by atoms with Crippen LogP contribution in [0.3, 0.4) is 0 Å². The van der Waals surface area contributed by atoms with Crippen LogP contribution in [0.5, 0.6) is 0 Å². The van der Waals surface area contributed by atoms with E-state index in [1.807, 2.05) is 31.7 Å². The summed E-state index contributed by atoms with van der Waals surface area (Å²) in [5.74, 6) is 0.271. The molecule has 1 aliphatic rings. The number of hydrogen-bond donors (Lipinski definition) is 0. The Morgan fingerprint density at radius 1 is 1.30 bits per heavy atom. The third-order valence-electron chi connectivity index (χ3n) is 4.90. The first-order valence-corrected chi connectivity index (χ1v) is 11.3. The fourth-order valence-corrected chi connectivity index (χ4v) is 4.02. The zero-order valence-corrected chi connectivity index (χ0v) is 17.7. The summed E-state index contributed by atoms with van der Waals surface area (Å²) >= 11 is -1.28. The molecule has 4 nitrogen and oxygen atoms in total. The van der Waals surface area contributed by atoms with Gasteiger partial charge in [0.1, 0.15) is 11.9 Å². The lowest BCUT2D eigenvalue weighted by atomic mass is 9.91. The molecule has 0 saturated carbocycles. The van der Waals surface area contributed by atoms with E-state index in [9.17, 15) is 13.7 Å². The normalized spacial score (nSPS) is 17.0. The average molecular weight is 398 g/mol. The fraction of sp³-hybridized carbons (Fsp3) is 0.667. The minimum atomic E-state index is -1.28. The van der Waals surface area contributed by atoms with E-state index in [0.717, 1.165) is 57.2 Å². The Morgan fingerprint density at radius 3 is 2.52 bits per heavy atom. The molecule has 1 aliphatic heterocycles. The minimum Gasteiger partial charge on any atom is -0.612 e. The smallest absolute Gasteiger partial charge is 0.410 e. The number of rotatable bonds is 6. The van der Waals surface area contributed by atoms with Gasteiger partial charge in [-0.05, 0) is 81.2 Å². The van der Waals surface area contributed by atoms with Crippen LogP contribution in [-0.4, -0.2) is 40.5 Å². The Morgan fingerprint density at radius 2 is 1.96 bits per heavy atom. The highest BCUT2D eigenvalue weighted by molar-refractivity contribution is 7.90. The summed E-state index contributed by atoms with van der Waals surface area (Å²) in [4.78, 5) is 14.2. The van der Waals surface area contributed by atoms with Crippen LogP contribution in [0.15, 0.2) is 23.1 Å². The quantitative estimate of drug-likeness (QED) is 0.505. The molecule has 0 aromatic heterocycles. The number of carbonyl (C=O) groups is 1. The largest absolute Gasteiger partial charge is 0.612 e. The summed E-state index contributed by atoms with van der Waals surface area (Å²) in [5.41, 5.74) is 0.513. The standard InChI is InChI=1S/C21H32FNO3S/c1-21(2,3)26-20(24)23-13-11-16(12-14-23)7-5-6-8-17-9-10-19(27(4)25)18(22)15-17/h9-10,15-16H,5-8,11-14H2,1-4H3. The molecule has 0 N–H and O–H groups in total. The summed E-state index contributed by atoms with van der Waals surface area (Å²) in [6.07, 6.45) is 7.41. The molecule has 6 heteroatoms. The predicted molar refractivity (Wildman–Crippen MR) is 107 cm³/mol. The van der Waals surface area contributed by atoms with Gasteiger partial charge in [0.15, 0.2) is 10.7 Å². The molecule has 1 aromatic rings. The molecule has 1 unspecified atom stereocenters. The lowest BCUT2D eigenvalue weighted by Crippen LogP contribution is -2.41. The zero-order chi connectivity index (χ0) is 20.0. The molecule has 0 spiro atoms. The first-order valence-electron chi connectivity index (χ1n) is 9.75. The highest BCUT2D eigenvalue weighted by atomic mass is 32.2. The van der Waals surface area contributed by atoms with Crippen LogP contribution in [-0.2, 0) is 22.3 Å². The van der Waals surface area contributed by atoms with Gasteiger partial charge < -0.3 is 14.2 Å². The second-order valence-electron chi connectivity index (χ2n) is 8.38. The topological polar surface area (TPSA) is 52.6 Å². The molecular weight excluding hydrogens is 365 g/mol. The third kappa shape index (κ3) is 7.34. The second-order valence-corrected chi connectivity index (χ2v) is 9.72. The average Bonchev–Trinajstić information content (AvgIpc) is 2.57. The number of halogens is 1. The van der Waals surface area contributed by atoms with Crippen LogP contribution in [0, 0.1) is 11.7 Å². The predicted octanol–water partition coefficient (Wildman–Crippen LogP) is 4.92. The zero-order valence-electron chi connectivity index (χ0n) is 16.9. The van der Waals surface area contributed by atoms with Gasteiger partial charge in [-0.1, -0.05) is 18.9 Å². The van der Waals surface area contributed by atoms with E-state index >= 15 is 0 Å². The van der Waals surface area contributed by atoms with E-state index in [-0.39, 0.29) is 16.8 Å². The second kappa shape index (κ2) is 9.78. The van der Waals surface area contributed by atoms with Crippen LogP contribution in [0.4, 0.5) is 9.18 Å². The van der Waals surface area contributed by atoms with Crippen molar-refractivity contribution in [1.29, 1.82) is 0 Å². The lowest BCUT2D eigenvalue weighted by Gasteiger charge is -2.33. The van der Waals surface area contributed by atoms with Gasteiger partial charge in [-0.15, -0.1) is 0 Å². The number of hydrogen-bond acceptors (Lipinski definition) is 3. The first-order chi connectivity index (χ1) is 12.7. The molecule has 1 saturated heterocycles. The van der Waals surface area contributed by atoms with Gasteiger partial charge in [0.2, 0.25) is 0 Å². The van der Waals surface area contributed by atoms with E-state index in [0.29, 0.717) is 5.92 Å². The van der Waals surface area contributed by atoms with Gasteiger partial charge in [-0.25, -0.2) is 9.18 Å². The van der Waals surface area contributed by atoms with Gasteiger partial charge in [0, 0.05) is 13.1 Å². The van der Waals surface area contributed by atoms with Crippen molar-refractivity contribution < 1.29 is 18.5 Å². The molecule has 1 fully saturated rings. The fourth-order valence-electron chi connectivity index (χ4n) is 3.43. The van der Waals surface area contributed by atoms with Crippen LogP contribution < -0.4 is 0 Å². The number of nitrogens with zero attached hydrogens (tertiary/aromatic N) is 1. The van der Waals surface area contributed by atoms with Crippen molar-refractivity contribution in [1.82, 2.24) is 4.90 Å². The van der Waals surface area contributed by atoms with Crippen molar-refractivity contribution in [2.75, 3.05) is 19.3 Å². The highest BCUT2D eigenvalue weighted by Crippen LogP contribution is 2.25. The molecule has 1 amide bonds. The maximum absolute atomic E-state index is 13.9. The molecule has 0 aliphatic carbocycles. The third-order valence-corrected chi connectivity index (χ3v) is 5.85. The Labute approximate surface area is 165 Å². The van der Waals surface area contributed by atoms with Gasteiger partial charge in [0.25, 0.3) is 0 Å². The monoisotopic (exact) mass is 397 g/mol. The summed E-state index contributed by atoms with van der Waals surface area (Å²) in [6, 6.07) is 5.02. The maximum atomic E-state index is 13.9. The first kappa shape index (κ1) is 22.0. The molecule has 152 valence electrons. The van der Waals surface area contributed by atoms with E-state index in [1.165, 1.54) is 12.3 Å². The molecule has 2 rings (SSSR count). The van der Waals surface area contributed by atoms with Gasteiger partial charge in [0.05, 0.1) is 0 Å². The van der Waals surface area contributed by atoms with Crippen molar-refractivity contribution in [3.63, 3.8) is 0 Å². The van der Waals surface area contributed by atoms with E-state index in [4.69, 9.17) is 4.74 Å². The summed E-state index contributed by atoms with van der Waals surface area (Å²) in [5, 5.41) is 0. The molecule has 1 atom stereocenters. The Hall–Kier alpha value is -1.27. The summed E-state index contributed by atoms with van der Waals surface area (Å²) in [7, 11) is 0. The van der Waals surface area contributed by atoms with Crippen molar-refractivity contribution in [2.45, 2.75) is 69.8 Å². The number of benzene rings is 1. The Balaban J connectivity index is 1.66. The maximum Gasteiger partial charge on any atom is 0.410 e. The molecule has 0 bridgehead atoms. The molecule has 27 heavy (non-hydrogen) atoms. The van der Waals surface area contributed by atoms with Gasteiger partial charge >= 0.3 is 6.09 Å². The minimum absolute atomic E-state index is 0.209. The lowest BCUT2D eigenvalue weighted by molar-refractivity contribution is 0.0180. The Bertz CT molecular complexity index is 622. The number of carbonyl (C=O) groups excluding carboxylic acids is 1. The number of piperidine rings is 1. The van der Waals surface area contributed by atoms with Crippen LogP contribution in [0.2, 0.25) is 0 Å². The van der Waals surface area contributed by atoms with Gasteiger partial charge in [-0.3, -0.25) is 0 Å². The van der Waals surface area contributed by atoms with Crippen LogP contribution in [0.25, 0.3) is 0 Å². The summed E-state index contributed by atoms with van der Waals surface area (Å²) in [6.45, 7) is 7.19. The van der Waals surface area contributed by atoms with Crippen molar-refractivity contribution >= 4 is 17.3 Å². The number of likely N-dealkylation sites (tertiary alicyclic amines) is 1. The van der Waals surface area contributed by atoms with Crippen molar-refractivity contribution in [3.05, 3.63) is 29.6 Å². The summed E-state index contributed by atoms with van der Waals surface area (Å²) < 4.78 is 30.7. The van der Waals surface area contributed by atoms with Crippen molar-refractivity contribution in [3.8, 4) is 0 Å². The Kier molecular flexibility index (Phi) is 7.98. The molecule has 0 radical (unpaired) electrons. The van der Waals surface area contributed by atoms with Crippen molar-refractivity contribution in [2.24, 2.45) is 5.92 Å². The molecule has 1 aromatic carbocycles. The van der Waals surface area contributed by atoms with Gasteiger partial charge in [-0.2, -0.15) is 0 Å². The number of unbranched alkanes of at least 4 members (excludes halogenated alkanes) is 1. The van der Waals surface area contributed by atoms with E-state index < -0.39 is 16.8 Å². The van der Waals surface area contributed by atoms with Crippen LogP contribution >= 0.6 is 0 Å². The van der Waals surface area contributed by atoms with Crippen LogP contribution in [0.1, 0.15) is 58.4 Å².